The van der Waals surface area contributed by atoms with Gasteiger partial charge in [-0.1, -0.05) is 19.6 Å². The highest BCUT2D eigenvalue weighted by molar-refractivity contribution is 6.76. The third-order valence-corrected chi connectivity index (χ3v) is 6.16. The number of anilines is 2. The number of fused-ring (bicyclic) bond motifs is 1. The van der Waals surface area contributed by atoms with Gasteiger partial charge in [-0.15, -0.1) is 12.4 Å². The lowest BCUT2D eigenvalue weighted by molar-refractivity contribution is -0.122. The second-order valence-electron chi connectivity index (χ2n) is 8.01. The van der Waals surface area contributed by atoms with Crippen LogP contribution in [0.3, 0.4) is 0 Å². The highest BCUT2D eigenvalue weighted by atomic mass is 35.5. The van der Waals surface area contributed by atoms with Gasteiger partial charge in [-0.3, -0.25) is 14.6 Å². The molecule has 2 aliphatic heterocycles. The highest BCUT2D eigenvalue weighted by Crippen LogP contribution is 2.31. The van der Waals surface area contributed by atoms with Crippen molar-refractivity contribution < 1.29 is 23.8 Å². The second-order valence-corrected chi connectivity index (χ2v) is 13.6. The minimum absolute atomic E-state index is 0. The van der Waals surface area contributed by atoms with Crippen LogP contribution in [0, 0.1) is 0 Å². The Morgan fingerprint density at radius 1 is 1.34 bits per heavy atom. The lowest BCUT2D eigenvalue weighted by Gasteiger charge is -2.28. The van der Waals surface area contributed by atoms with E-state index in [2.05, 4.69) is 29.6 Å². The SMILES string of the molecule is C[Si](C)(C)CCOCN1C(=O)COc2ncc(N3C[C@@H](CCN)OC3=O)nc21.Cl. The molecule has 0 unspecified atom stereocenters. The maximum absolute atomic E-state index is 12.3. The smallest absolute Gasteiger partial charge is 0.415 e. The number of nitrogens with zero attached hydrogens (tertiary/aromatic N) is 4. The lowest BCUT2D eigenvalue weighted by atomic mass is 10.2. The number of aromatic nitrogens is 2. The molecular weight excluding hydrogens is 418 g/mol. The van der Waals surface area contributed by atoms with Gasteiger partial charge in [0, 0.05) is 14.7 Å². The van der Waals surface area contributed by atoms with Crippen molar-refractivity contribution in [1.82, 2.24) is 9.97 Å². The number of amides is 2. The molecule has 29 heavy (non-hydrogen) atoms. The molecule has 2 amide bonds. The van der Waals surface area contributed by atoms with Crippen LogP contribution in [0.15, 0.2) is 6.20 Å². The molecule has 10 nitrogen and oxygen atoms in total. The summed E-state index contributed by atoms with van der Waals surface area (Å²) in [6.45, 7) is 8.06. The Morgan fingerprint density at radius 2 is 2.10 bits per heavy atom. The molecule has 1 fully saturated rings. The summed E-state index contributed by atoms with van der Waals surface area (Å²) >= 11 is 0. The Morgan fingerprint density at radius 3 is 2.79 bits per heavy atom. The minimum Gasteiger partial charge on any atom is -0.465 e. The van der Waals surface area contributed by atoms with Crippen molar-refractivity contribution in [2.75, 3.05) is 42.8 Å². The van der Waals surface area contributed by atoms with E-state index in [1.165, 1.54) is 16.0 Å². The molecule has 2 N–H and O–H groups in total. The van der Waals surface area contributed by atoms with Gasteiger partial charge in [0.1, 0.15) is 12.8 Å². The number of rotatable bonds is 8. The van der Waals surface area contributed by atoms with Crippen molar-refractivity contribution in [1.29, 1.82) is 0 Å². The first-order valence-corrected chi connectivity index (χ1v) is 13.1. The molecule has 2 aliphatic rings. The van der Waals surface area contributed by atoms with Crippen LogP contribution in [0.5, 0.6) is 5.88 Å². The summed E-state index contributed by atoms with van der Waals surface area (Å²) < 4.78 is 16.4. The molecule has 0 aliphatic carbocycles. The van der Waals surface area contributed by atoms with Gasteiger partial charge in [-0.05, 0) is 19.0 Å². The van der Waals surface area contributed by atoms with Crippen LogP contribution in [0.4, 0.5) is 16.4 Å². The fraction of sp³-hybridized carbons (Fsp3) is 0.647. The van der Waals surface area contributed by atoms with Gasteiger partial charge in [0.25, 0.3) is 11.8 Å². The van der Waals surface area contributed by atoms with E-state index in [0.717, 1.165) is 6.04 Å². The largest absolute Gasteiger partial charge is 0.465 e. The van der Waals surface area contributed by atoms with Gasteiger partial charge in [0.05, 0.1) is 12.7 Å². The highest BCUT2D eigenvalue weighted by Gasteiger charge is 2.35. The molecule has 0 aromatic carbocycles. The van der Waals surface area contributed by atoms with Crippen LogP contribution >= 0.6 is 12.4 Å². The van der Waals surface area contributed by atoms with Gasteiger partial charge < -0.3 is 19.9 Å². The monoisotopic (exact) mass is 445 g/mol. The van der Waals surface area contributed by atoms with E-state index >= 15 is 0 Å². The Hall–Kier alpha value is -1.95. The molecule has 1 atom stereocenters. The number of nitrogens with two attached hydrogens (primary N) is 1. The molecule has 162 valence electrons. The third-order valence-electron chi connectivity index (χ3n) is 4.45. The molecule has 0 bridgehead atoms. The first-order chi connectivity index (χ1) is 13.3. The molecule has 0 saturated carbocycles. The van der Waals surface area contributed by atoms with Crippen molar-refractivity contribution in [2.24, 2.45) is 5.73 Å². The zero-order chi connectivity index (χ0) is 20.3. The number of hydrogen-bond acceptors (Lipinski definition) is 8. The summed E-state index contributed by atoms with van der Waals surface area (Å²) in [5.41, 5.74) is 5.54. The lowest BCUT2D eigenvalue weighted by Crippen LogP contribution is -2.42. The molecule has 0 spiro atoms. The maximum Gasteiger partial charge on any atom is 0.415 e. The molecule has 3 heterocycles. The van der Waals surface area contributed by atoms with Crippen molar-refractivity contribution in [3.05, 3.63) is 6.20 Å². The molecule has 1 aromatic heterocycles. The van der Waals surface area contributed by atoms with Crippen LogP contribution in [0.1, 0.15) is 6.42 Å². The number of ether oxygens (including phenoxy) is 3. The topological polar surface area (TPSA) is 120 Å². The summed E-state index contributed by atoms with van der Waals surface area (Å²) in [7, 11) is -1.23. The summed E-state index contributed by atoms with van der Waals surface area (Å²) in [4.78, 5) is 35.9. The molecule has 12 heteroatoms. The zero-order valence-corrected chi connectivity index (χ0v) is 18.7. The predicted octanol–water partition coefficient (Wildman–Crippen LogP) is 1.61. The Balaban J connectivity index is 0.00000300. The number of hydrogen-bond donors (Lipinski definition) is 1. The predicted molar refractivity (Wildman–Crippen MR) is 113 cm³/mol. The molecule has 1 aromatic rings. The zero-order valence-electron chi connectivity index (χ0n) is 16.9. The standard InChI is InChI=1S/C17H27N5O5Si.ClH/c1-28(2,3)7-6-25-11-22-14(23)10-26-16-15(22)20-13(8-19-16)21-9-12(4-5-18)27-17(21)24;/h8,12H,4-7,9-11,18H2,1-3H3;1H/t12-;/m1./s1. The normalized spacial score (nSPS) is 18.8. The number of halogens is 1. The van der Waals surface area contributed by atoms with Crippen LogP contribution in [0.2, 0.25) is 25.7 Å². The maximum atomic E-state index is 12.3. The number of carbonyl (C=O) groups excluding carboxylic acids is 2. The molecule has 0 radical (unpaired) electrons. The Bertz CT molecular complexity index is 747. The van der Waals surface area contributed by atoms with Gasteiger partial charge in [-0.2, -0.15) is 0 Å². The van der Waals surface area contributed by atoms with Crippen LogP contribution < -0.4 is 20.3 Å². The number of cyclic esters (lactones) is 1. The average molecular weight is 446 g/mol. The van der Waals surface area contributed by atoms with E-state index in [1.54, 1.807) is 0 Å². The quantitative estimate of drug-likeness (QED) is 0.473. The minimum atomic E-state index is -1.23. The average Bonchev–Trinajstić information content (AvgIpc) is 2.99. The summed E-state index contributed by atoms with van der Waals surface area (Å²) in [5.74, 6) is 0.519. The van der Waals surface area contributed by atoms with Crippen molar-refractivity contribution in [2.45, 2.75) is 38.2 Å². The molecule has 3 rings (SSSR count). The third kappa shape index (κ3) is 5.78. The van der Waals surface area contributed by atoms with Crippen LogP contribution in [-0.4, -0.2) is 69.2 Å². The van der Waals surface area contributed by atoms with E-state index < -0.39 is 14.2 Å². The summed E-state index contributed by atoms with van der Waals surface area (Å²) in [5, 5.41) is 0. The van der Waals surface area contributed by atoms with Crippen LogP contribution in [-0.2, 0) is 14.3 Å². The number of carbonyl (C=O) groups is 2. The molecule has 1 saturated heterocycles. The molecular formula is C17H28ClN5O5Si. The Labute approximate surface area is 177 Å². The van der Waals surface area contributed by atoms with E-state index in [1.807, 2.05) is 0 Å². The van der Waals surface area contributed by atoms with Crippen molar-refractivity contribution in [3.63, 3.8) is 0 Å². The second kappa shape index (κ2) is 9.70. The first-order valence-electron chi connectivity index (χ1n) is 9.34. The van der Waals surface area contributed by atoms with Gasteiger partial charge in [0.2, 0.25) is 5.82 Å². The van der Waals surface area contributed by atoms with Crippen molar-refractivity contribution >= 4 is 44.1 Å². The summed E-state index contributed by atoms with van der Waals surface area (Å²) in [6.07, 6.45) is 1.22. The summed E-state index contributed by atoms with van der Waals surface area (Å²) in [6, 6.07) is 0.992. The fourth-order valence-electron chi connectivity index (χ4n) is 2.81. The Kier molecular flexibility index (Phi) is 7.80. The first kappa shape index (κ1) is 23.3. The fourth-order valence-corrected chi connectivity index (χ4v) is 3.56. The van der Waals surface area contributed by atoms with Crippen molar-refractivity contribution in [3.8, 4) is 5.88 Å². The van der Waals surface area contributed by atoms with Gasteiger partial charge in [0.15, 0.2) is 12.4 Å². The van der Waals surface area contributed by atoms with E-state index in [9.17, 15) is 9.59 Å². The van der Waals surface area contributed by atoms with Gasteiger partial charge >= 0.3 is 6.09 Å². The van der Waals surface area contributed by atoms with E-state index in [4.69, 9.17) is 19.9 Å². The van der Waals surface area contributed by atoms with Crippen LogP contribution in [0.25, 0.3) is 0 Å². The van der Waals surface area contributed by atoms with Gasteiger partial charge in [-0.25, -0.2) is 14.8 Å². The van der Waals surface area contributed by atoms with E-state index in [0.29, 0.717) is 31.9 Å². The van der Waals surface area contributed by atoms with E-state index in [-0.39, 0.29) is 49.5 Å².